The first-order valence-electron chi connectivity index (χ1n) is 9.53. The van der Waals surface area contributed by atoms with Gasteiger partial charge in [0, 0.05) is 11.1 Å². The summed E-state index contributed by atoms with van der Waals surface area (Å²) in [6.45, 7) is 0. The molecule has 3 aromatic rings. The SMILES string of the molecule is CNS(=O)(=O)c1cc(C(=O)Nc2c3c(nn2-c2ccccc2)CCC3)ccc1OC. The Morgan fingerprint density at radius 3 is 2.60 bits per heavy atom. The number of benzene rings is 2. The van der Waals surface area contributed by atoms with E-state index in [4.69, 9.17) is 4.74 Å². The Bertz CT molecular complexity index is 1200. The number of amides is 1. The molecule has 2 N–H and O–H groups in total. The van der Waals surface area contributed by atoms with Crippen molar-refractivity contribution in [1.82, 2.24) is 14.5 Å². The number of sulfonamides is 1. The zero-order valence-electron chi connectivity index (χ0n) is 16.7. The van der Waals surface area contributed by atoms with Crippen molar-refractivity contribution in [3.63, 3.8) is 0 Å². The highest BCUT2D eigenvalue weighted by atomic mass is 32.2. The van der Waals surface area contributed by atoms with E-state index in [0.717, 1.165) is 36.2 Å². The Morgan fingerprint density at radius 2 is 1.90 bits per heavy atom. The van der Waals surface area contributed by atoms with Crippen LogP contribution in [0.25, 0.3) is 5.69 Å². The maximum Gasteiger partial charge on any atom is 0.256 e. The van der Waals surface area contributed by atoms with Crippen molar-refractivity contribution in [2.45, 2.75) is 24.2 Å². The molecule has 0 saturated heterocycles. The third-order valence-corrected chi connectivity index (χ3v) is 6.56. The number of carbonyl (C=O) groups is 1. The van der Waals surface area contributed by atoms with E-state index in [1.807, 2.05) is 30.3 Å². The molecule has 0 fully saturated rings. The van der Waals surface area contributed by atoms with Crippen LogP contribution in [0, 0.1) is 0 Å². The quantitative estimate of drug-likeness (QED) is 0.631. The molecule has 0 unspecified atom stereocenters. The Morgan fingerprint density at radius 1 is 1.13 bits per heavy atom. The standard InChI is InChI=1S/C21H22N4O4S/c1-22-30(27,28)19-13-14(11-12-18(19)29-2)21(26)23-20-16-9-6-10-17(16)24-25(20)15-7-4-3-5-8-15/h3-5,7-8,11-13,22H,6,9-10H2,1-2H3,(H,23,26). The number of rotatable bonds is 6. The molecule has 0 radical (unpaired) electrons. The fourth-order valence-electron chi connectivity index (χ4n) is 3.59. The fourth-order valence-corrected chi connectivity index (χ4v) is 4.51. The summed E-state index contributed by atoms with van der Waals surface area (Å²) in [6.07, 6.45) is 2.69. The molecule has 1 aromatic heterocycles. The Labute approximate surface area is 174 Å². The van der Waals surface area contributed by atoms with Gasteiger partial charge in [-0.05, 0) is 56.6 Å². The number of aryl methyl sites for hydroxylation is 1. The lowest BCUT2D eigenvalue weighted by molar-refractivity contribution is 0.102. The lowest BCUT2D eigenvalue weighted by Crippen LogP contribution is -2.21. The highest BCUT2D eigenvalue weighted by Gasteiger charge is 2.26. The van der Waals surface area contributed by atoms with Gasteiger partial charge in [-0.15, -0.1) is 0 Å². The van der Waals surface area contributed by atoms with Crippen LogP contribution in [-0.2, 0) is 22.9 Å². The highest BCUT2D eigenvalue weighted by Crippen LogP contribution is 2.32. The van der Waals surface area contributed by atoms with Gasteiger partial charge in [-0.1, -0.05) is 18.2 Å². The summed E-state index contributed by atoms with van der Waals surface area (Å²) in [4.78, 5) is 13.0. The molecule has 0 saturated carbocycles. The average molecular weight is 426 g/mol. The number of hydrogen-bond donors (Lipinski definition) is 2. The number of anilines is 1. The number of ether oxygens (including phenoxy) is 1. The van der Waals surface area contributed by atoms with Crippen LogP contribution in [-0.4, -0.2) is 38.3 Å². The van der Waals surface area contributed by atoms with E-state index >= 15 is 0 Å². The van der Waals surface area contributed by atoms with Gasteiger partial charge in [-0.2, -0.15) is 5.10 Å². The van der Waals surface area contributed by atoms with E-state index in [1.165, 1.54) is 32.4 Å². The van der Waals surface area contributed by atoms with E-state index in [9.17, 15) is 13.2 Å². The lowest BCUT2D eigenvalue weighted by Gasteiger charge is -2.13. The predicted octanol–water partition coefficient (Wildman–Crippen LogP) is 2.53. The van der Waals surface area contributed by atoms with Gasteiger partial charge in [0.25, 0.3) is 5.91 Å². The summed E-state index contributed by atoms with van der Waals surface area (Å²) in [5, 5.41) is 7.63. The van der Waals surface area contributed by atoms with E-state index in [0.29, 0.717) is 5.82 Å². The number of carbonyl (C=O) groups excluding carboxylic acids is 1. The second kappa shape index (κ2) is 7.92. The maximum atomic E-state index is 13.1. The van der Waals surface area contributed by atoms with E-state index < -0.39 is 15.9 Å². The normalized spacial score (nSPS) is 13.1. The molecule has 0 bridgehead atoms. The summed E-state index contributed by atoms with van der Waals surface area (Å²) in [6, 6.07) is 13.9. The van der Waals surface area contributed by atoms with Crippen molar-refractivity contribution >= 4 is 21.7 Å². The second-order valence-corrected chi connectivity index (χ2v) is 8.76. The number of para-hydroxylation sites is 1. The minimum absolute atomic E-state index is 0.0954. The number of nitrogens with one attached hydrogen (secondary N) is 2. The lowest BCUT2D eigenvalue weighted by atomic mass is 10.2. The van der Waals surface area contributed by atoms with Gasteiger partial charge < -0.3 is 10.1 Å². The maximum absolute atomic E-state index is 13.1. The van der Waals surface area contributed by atoms with E-state index in [-0.39, 0.29) is 16.2 Å². The van der Waals surface area contributed by atoms with E-state index in [2.05, 4.69) is 15.1 Å². The molecule has 0 atom stereocenters. The first-order valence-corrected chi connectivity index (χ1v) is 11.0. The number of aromatic nitrogens is 2. The molecule has 2 aromatic carbocycles. The van der Waals surface area contributed by atoms with Crippen LogP contribution in [0.5, 0.6) is 5.75 Å². The van der Waals surface area contributed by atoms with Gasteiger partial charge in [-0.25, -0.2) is 17.8 Å². The minimum Gasteiger partial charge on any atom is -0.495 e. The first-order chi connectivity index (χ1) is 14.4. The molecule has 9 heteroatoms. The summed E-state index contributed by atoms with van der Waals surface area (Å²) in [5.41, 5.74) is 3.04. The summed E-state index contributed by atoms with van der Waals surface area (Å²) in [5.74, 6) is 0.362. The molecule has 8 nitrogen and oxygen atoms in total. The Balaban J connectivity index is 1.73. The molecule has 0 spiro atoms. The van der Waals surface area contributed by atoms with Crippen LogP contribution in [0.1, 0.15) is 28.0 Å². The van der Waals surface area contributed by atoms with Gasteiger partial charge in [0.1, 0.15) is 16.5 Å². The van der Waals surface area contributed by atoms with Gasteiger partial charge >= 0.3 is 0 Å². The van der Waals surface area contributed by atoms with Crippen LogP contribution >= 0.6 is 0 Å². The molecule has 0 aliphatic heterocycles. The van der Waals surface area contributed by atoms with Crippen LogP contribution in [0.2, 0.25) is 0 Å². The first kappa shape index (κ1) is 20.1. The van der Waals surface area contributed by atoms with Gasteiger partial charge in [0.2, 0.25) is 10.0 Å². The van der Waals surface area contributed by atoms with Crippen LogP contribution in [0.15, 0.2) is 53.4 Å². The monoisotopic (exact) mass is 426 g/mol. The molecule has 156 valence electrons. The van der Waals surface area contributed by atoms with Crippen molar-refractivity contribution < 1.29 is 17.9 Å². The van der Waals surface area contributed by atoms with Gasteiger partial charge in [0.15, 0.2) is 0 Å². The highest BCUT2D eigenvalue weighted by molar-refractivity contribution is 7.89. The molecule has 30 heavy (non-hydrogen) atoms. The van der Waals surface area contributed by atoms with Crippen molar-refractivity contribution in [1.29, 1.82) is 0 Å². The fraction of sp³-hybridized carbons (Fsp3) is 0.238. The molecular formula is C21H22N4O4S. The minimum atomic E-state index is -3.79. The van der Waals surface area contributed by atoms with Gasteiger partial charge in [0.05, 0.1) is 18.5 Å². The van der Waals surface area contributed by atoms with Crippen molar-refractivity contribution in [2.24, 2.45) is 0 Å². The second-order valence-electron chi connectivity index (χ2n) is 6.90. The van der Waals surface area contributed by atoms with Crippen molar-refractivity contribution in [3.05, 3.63) is 65.4 Å². The molecule has 1 aliphatic rings. The van der Waals surface area contributed by atoms with Gasteiger partial charge in [-0.3, -0.25) is 4.79 Å². The summed E-state index contributed by atoms with van der Waals surface area (Å²) < 4.78 is 33.8. The van der Waals surface area contributed by atoms with Crippen LogP contribution < -0.4 is 14.8 Å². The average Bonchev–Trinajstić information content (AvgIpc) is 3.36. The zero-order chi connectivity index (χ0) is 21.3. The number of methoxy groups -OCH3 is 1. The van der Waals surface area contributed by atoms with E-state index in [1.54, 1.807) is 4.68 Å². The Hall–Kier alpha value is -3.17. The van der Waals surface area contributed by atoms with Crippen molar-refractivity contribution in [3.8, 4) is 11.4 Å². The van der Waals surface area contributed by atoms with Crippen LogP contribution in [0.3, 0.4) is 0 Å². The smallest absolute Gasteiger partial charge is 0.256 e. The van der Waals surface area contributed by atoms with Crippen LogP contribution in [0.4, 0.5) is 5.82 Å². The number of fused-ring (bicyclic) bond motifs is 1. The third kappa shape index (κ3) is 3.57. The predicted molar refractivity (Wildman–Crippen MR) is 113 cm³/mol. The molecule has 1 aliphatic carbocycles. The molecular weight excluding hydrogens is 404 g/mol. The summed E-state index contributed by atoms with van der Waals surface area (Å²) in [7, 11) is -1.10. The zero-order valence-corrected chi connectivity index (χ0v) is 17.5. The topological polar surface area (TPSA) is 102 Å². The molecule has 1 heterocycles. The third-order valence-electron chi connectivity index (χ3n) is 5.12. The number of hydrogen-bond acceptors (Lipinski definition) is 5. The molecule has 4 rings (SSSR count). The largest absolute Gasteiger partial charge is 0.495 e. The molecule has 1 amide bonds. The van der Waals surface area contributed by atoms with Crippen molar-refractivity contribution in [2.75, 3.05) is 19.5 Å². The number of nitrogens with zero attached hydrogens (tertiary/aromatic N) is 2. The Kier molecular flexibility index (Phi) is 5.31. The summed E-state index contributed by atoms with van der Waals surface area (Å²) >= 11 is 0.